The van der Waals surface area contributed by atoms with Gasteiger partial charge in [0.15, 0.2) is 0 Å². The molecule has 2 rings (SSSR count). The quantitative estimate of drug-likeness (QED) is 0.609. The van der Waals surface area contributed by atoms with Gasteiger partial charge >= 0.3 is 0 Å². The zero-order valence-corrected chi connectivity index (χ0v) is 13.2. The van der Waals surface area contributed by atoms with Crippen LogP contribution >= 0.6 is 0 Å². The van der Waals surface area contributed by atoms with Crippen LogP contribution in [-0.2, 0) is 16.0 Å². The van der Waals surface area contributed by atoms with Gasteiger partial charge in [-0.2, -0.15) is 0 Å². The van der Waals surface area contributed by atoms with E-state index in [1.54, 1.807) is 6.20 Å². The minimum atomic E-state index is -0.307. The highest BCUT2D eigenvalue weighted by Crippen LogP contribution is 2.08. The van der Waals surface area contributed by atoms with Gasteiger partial charge in [0.2, 0.25) is 11.8 Å². The van der Waals surface area contributed by atoms with Crippen molar-refractivity contribution in [1.29, 1.82) is 0 Å². The Balaban J connectivity index is 1.64. The molecule has 0 fully saturated rings. The Morgan fingerprint density at radius 1 is 1.09 bits per heavy atom. The maximum Gasteiger partial charge on any atom is 0.233 e. The van der Waals surface area contributed by atoms with Crippen LogP contribution in [0.25, 0.3) is 0 Å². The number of carbonyl (C=O) groups is 2. The number of nitrogens with one attached hydrogen (secondary N) is 2. The fraction of sp³-hybridized carbons (Fsp3) is 0.278. The summed E-state index contributed by atoms with van der Waals surface area (Å²) in [6.45, 7) is 2.52. The second-order valence-electron chi connectivity index (χ2n) is 5.41. The van der Waals surface area contributed by atoms with E-state index < -0.39 is 0 Å². The first-order valence-electron chi connectivity index (χ1n) is 7.65. The first kappa shape index (κ1) is 16.7. The first-order chi connectivity index (χ1) is 11.1. The van der Waals surface area contributed by atoms with Crippen molar-refractivity contribution in [1.82, 2.24) is 10.3 Å². The lowest BCUT2D eigenvalue weighted by Crippen LogP contribution is -2.29. The van der Waals surface area contributed by atoms with Gasteiger partial charge in [0.05, 0.1) is 0 Å². The van der Waals surface area contributed by atoms with Gasteiger partial charge in [-0.1, -0.05) is 23.8 Å². The highest BCUT2D eigenvalue weighted by Gasteiger charge is 2.09. The van der Waals surface area contributed by atoms with Crippen molar-refractivity contribution in [3.05, 3.63) is 59.9 Å². The van der Waals surface area contributed by atoms with Gasteiger partial charge in [0.25, 0.3) is 0 Å². The van der Waals surface area contributed by atoms with Crippen molar-refractivity contribution in [2.75, 3.05) is 11.9 Å². The summed E-state index contributed by atoms with van der Waals surface area (Å²) in [5, 5.41) is 5.47. The Bertz CT molecular complexity index is 639. The predicted molar refractivity (Wildman–Crippen MR) is 90.0 cm³/mol. The van der Waals surface area contributed by atoms with E-state index >= 15 is 0 Å². The highest BCUT2D eigenvalue weighted by molar-refractivity contribution is 6.03. The molecule has 0 atom stereocenters. The molecule has 5 nitrogen and oxygen atoms in total. The molecule has 0 saturated heterocycles. The Kier molecular flexibility index (Phi) is 6.29. The Labute approximate surface area is 136 Å². The van der Waals surface area contributed by atoms with Crippen LogP contribution in [0.5, 0.6) is 0 Å². The maximum absolute atomic E-state index is 11.8. The number of benzene rings is 1. The molecule has 2 N–H and O–H groups in total. The Hall–Kier alpha value is -2.69. The largest absolute Gasteiger partial charge is 0.356 e. The van der Waals surface area contributed by atoms with Crippen LogP contribution in [0.1, 0.15) is 24.0 Å². The molecule has 23 heavy (non-hydrogen) atoms. The number of aromatic nitrogens is 1. The van der Waals surface area contributed by atoms with Crippen molar-refractivity contribution in [3.8, 4) is 0 Å². The third-order valence-electron chi connectivity index (χ3n) is 3.34. The van der Waals surface area contributed by atoms with E-state index in [9.17, 15) is 9.59 Å². The first-order valence-corrected chi connectivity index (χ1v) is 7.65. The van der Waals surface area contributed by atoms with E-state index in [0.29, 0.717) is 12.2 Å². The summed E-state index contributed by atoms with van der Waals surface area (Å²) in [7, 11) is 0. The molecule has 0 spiro atoms. The number of carbonyl (C=O) groups excluding carboxylic acids is 2. The number of rotatable bonds is 7. The van der Waals surface area contributed by atoms with Crippen LogP contribution in [0.2, 0.25) is 0 Å². The summed E-state index contributed by atoms with van der Waals surface area (Å²) in [4.78, 5) is 27.5. The predicted octanol–water partition coefficient (Wildman–Crippen LogP) is 2.47. The third kappa shape index (κ3) is 6.30. The van der Waals surface area contributed by atoms with Crippen molar-refractivity contribution in [3.63, 3.8) is 0 Å². The van der Waals surface area contributed by atoms with E-state index in [1.165, 1.54) is 0 Å². The minimum Gasteiger partial charge on any atom is -0.356 e. The monoisotopic (exact) mass is 311 g/mol. The van der Waals surface area contributed by atoms with Crippen LogP contribution in [-0.4, -0.2) is 23.3 Å². The average molecular weight is 311 g/mol. The van der Waals surface area contributed by atoms with Gasteiger partial charge in [0.1, 0.15) is 6.42 Å². The summed E-state index contributed by atoms with van der Waals surface area (Å²) in [6.07, 6.45) is 5.05. The maximum atomic E-state index is 11.8. The molecule has 0 radical (unpaired) electrons. The van der Waals surface area contributed by atoms with Gasteiger partial charge in [0, 0.05) is 24.6 Å². The molecule has 2 aromatic rings. The molecule has 0 aliphatic heterocycles. The number of aryl methyl sites for hydroxylation is 2. The van der Waals surface area contributed by atoms with E-state index in [1.807, 2.05) is 49.5 Å². The van der Waals surface area contributed by atoms with Gasteiger partial charge in [-0.25, -0.2) is 0 Å². The van der Waals surface area contributed by atoms with E-state index in [4.69, 9.17) is 0 Å². The second-order valence-corrected chi connectivity index (χ2v) is 5.41. The van der Waals surface area contributed by atoms with Crippen molar-refractivity contribution < 1.29 is 9.59 Å². The molecule has 0 bridgehead atoms. The van der Waals surface area contributed by atoms with E-state index in [2.05, 4.69) is 15.6 Å². The smallest absolute Gasteiger partial charge is 0.233 e. The van der Waals surface area contributed by atoms with Gasteiger partial charge in [-0.3, -0.25) is 14.6 Å². The molecule has 0 aliphatic rings. The van der Waals surface area contributed by atoms with Crippen molar-refractivity contribution >= 4 is 17.5 Å². The minimum absolute atomic E-state index is 0.166. The average Bonchev–Trinajstić information content (AvgIpc) is 2.55. The number of hydrogen-bond donors (Lipinski definition) is 2. The lowest BCUT2D eigenvalue weighted by atomic mass is 10.1. The Morgan fingerprint density at radius 2 is 1.87 bits per heavy atom. The fourth-order valence-electron chi connectivity index (χ4n) is 2.12. The molecule has 0 saturated carbocycles. The number of amides is 2. The summed E-state index contributed by atoms with van der Waals surface area (Å²) in [6, 6.07) is 11.4. The van der Waals surface area contributed by atoms with Gasteiger partial charge in [-0.05, 0) is 43.5 Å². The van der Waals surface area contributed by atoms with Crippen LogP contribution < -0.4 is 10.6 Å². The van der Waals surface area contributed by atoms with Gasteiger partial charge < -0.3 is 10.6 Å². The van der Waals surface area contributed by atoms with Crippen molar-refractivity contribution in [2.24, 2.45) is 0 Å². The zero-order chi connectivity index (χ0) is 16.5. The summed E-state index contributed by atoms with van der Waals surface area (Å²) in [5.41, 5.74) is 2.96. The molecule has 120 valence electrons. The Morgan fingerprint density at radius 3 is 2.57 bits per heavy atom. The zero-order valence-electron chi connectivity index (χ0n) is 13.2. The summed E-state index contributed by atoms with van der Waals surface area (Å²) >= 11 is 0. The molecule has 1 heterocycles. The molecule has 0 unspecified atom stereocenters. The number of nitrogens with zero attached hydrogens (tertiary/aromatic N) is 1. The van der Waals surface area contributed by atoms with Crippen LogP contribution in [0.15, 0.2) is 48.8 Å². The number of anilines is 1. The lowest BCUT2D eigenvalue weighted by Gasteiger charge is -2.07. The summed E-state index contributed by atoms with van der Waals surface area (Å²) in [5.74, 6) is -0.570. The number of pyridine rings is 1. The fourth-order valence-corrected chi connectivity index (χ4v) is 2.12. The van der Waals surface area contributed by atoms with Crippen LogP contribution in [0.4, 0.5) is 5.69 Å². The van der Waals surface area contributed by atoms with Crippen LogP contribution in [0, 0.1) is 6.92 Å². The second kappa shape index (κ2) is 8.68. The van der Waals surface area contributed by atoms with E-state index in [-0.39, 0.29) is 18.2 Å². The lowest BCUT2D eigenvalue weighted by molar-refractivity contribution is -0.126. The highest BCUT2D eigenvalue weighted by atomic mass is 16.2. The SMILES string of the molecule is Cc1ccc(NC(=O)CC(=O)NCCCc2cccnc2)cc1. The molecule has 0 aliphatic carbocycles. The standard InChI is InChI=1S/C18H21N3O2/c1-14-6-8-16(9-7-14)21-18(23)12-17(22)20-11-3-5-15-4-2-10-19-13-15/h2,4,6-10,13H,3,5,11-12H2,1H3,(H,20,22)(H,21,23). The molecular formula is C18H21N3O2. The summed E-state index contributed by atoms with van der Waals surface area (Å²) < 4.78 is 0. The van der Waals surface area contributed by atoms with Gasteiger partial charge in [-0.15, -0.1) is 0 Å². The topological polar surface area (TPSA) is 71.1 Å². The van der Waals surface area contributed by atoms with Crippen LogP contribution in [0.3, 0.4) is 0 Å². The molecular weight excluding hydrogens is 290 g/mol. The molecule has 1 aromatic heterocycles. The van der Waals surface area contributed by atoms with Crippen molar-refractivity contribution in [2.45, 2.75) is 26.2 Å². The molecule has 5 heteroatoms. The third-order valence-corrected chi connectivity index (χ3v) is 3.34. The van der Waals surface area contributed by atoms with E-state index in [0.717, 1.165) is 24.0 Å². The normalized spacial score (nSPS) is 10.1. The molecule has 2 amide bonds. The molecule has 1 aromatic carbocycles. The number of hydrogen-bond acceptors (Lipinski definition) is 3.